The second kappa shape index (κ2) is 7.79. The maximum Gasteiger partial charge on any atom is 0.330 e. The number of nitrogens with zero attached hydrogens (tertiary/aromatic N) is 1. The van der Waals surface area contributed by atoms with Gasteiger partial charge >= 0.3 is 7.59 Å². The number of benzene rings is 2. The quantitative estimate of drug-likeness (QED) is 0.611. The van der Waals surface area contributed by atoms with Crippen molar-refractivity contribution in [1.82, 2.24) is 4.67 Å². The summed E-state index contributed by atoms with van der Waals surface area (Å²) < 4.78 is 15.7. The van der Waals surface area contributed by atoms with Crippen molar-refractivity contribution in [3.63, 3.8) is 0 Å². The lowest BCUT2D eigenvalue weighted by atomic mass is 10.2. The summed E-state index contributed by atoms with van der Waals surface area (Å²) in [6.07, 6.45) is 3.28. The van der Waals surface area contributed by atoms with E-state index < -0.39 is 7.59 Å². The molecule has 2 N–H and O–H groups in total. The lowest BCUT2D eigenvalue weighted by Gasteiger charge is -2.35. The molecule has 7 heteroatoms. The topological polar surface area (TPSA) is 44.4 Å². The molecular formula is C17H20Cl2N3OP. The van der Waals surface area contributed by atoms with Crippen molar-refractivity contribution in [2.24, 2.45) is 0 Å². The van der Waals surface area contributed by atoms with Crippen molar-refractivity contribution in [1.29, 1.82) is 0 Å². The molecule has 2 aromatic carbocycles. The standard InChI is InChI=1S/C17H20Cl2N3OP/c18-14-4-8-16(9-5-14)20-24(23,22-12-2-1-3-13-22)21-17-10-6-15(19)7-11-17/h4-11H,1-3,12-13H2,(H2,20,21,23). The smallest absolute Gasteiger partial charge is 0.308 e. The van der Waals surface area contributed by atoms with Gasteiger partial charge in [0.25, 0.3) is 0 Å². The van der Waals surface area contributed by atoms with Crippen LogP contribution in [0.25, 0.3) is 0 Å². The minimum absolute atomic E-state index is 0.652. The Morgan fingerprint density at radius 3 is 1.58 bits per heavy atom. The number of piperidine rings is 1. The van der Waals surface area contributed by atoms with Crippen LogP contribution < -0.4 is 10.2 Å². The predicted molar refractivity (Wildman–Crippen MR) is 103 cm³/mol. The SMILES string of the molecule is O=P(Nc1ccc(Cl)cc1)(Nc1ccc(Cl)cc1)N1CCCCC1. The number of rotatable bonds is 5. The molecule has 0 amide bonds. The van der Waals surface area contributed by atoms with Crippen molar-refractivity contribution >= 4 is 42.2 Å². The van der Waals surface area contributed by atoms with Gasteiger partial charge in [-0.15, -0.1) is 0 Å². The van der Waals surface area contributed by atoms with Crippen LogP contribution >= 0.6 is 30.8 Å². The summed E-state index contributed by atoms with van der Waals surface area (Å²) >= 11 is 11.9. The molecule has 3 rings (SSSR count). The first-order chi connectivity index (χ1) is 11.5. The average molecular weight is 384 g/mol. The van der Waals surface area contributed by atoms with E-state index in [1.807, 2.05) is 28.9 Å². The first-order valence-electron chi connectivity index (χ1n) is 7.98. The van der Waals surface area contributed by atoms with Crippen LogP contribution in [0.4, 0.5) is 11.4 Å². The second-order valence-electron chi connectivity index (χ2n) is 5.83. The van der Waals surface area contributed by atoms with Gasteiger partial charge in [-0.3, -0.25) is 4.57 Å². The highest BCUT2D eigenvalue weighted by atomic mass is 35.5. The van der Waals surface area contributed by atoms with Gasteiger partial charge in [-0.05, 0) is 61.4 Å². The molecule has 0 radical (unpaired) electrons. The summed E-state index contributed by atoms with van der Waals surface area (Å²) in [5.41, 5.74) is 1.55. The van der Waals surface area contributed by atoms with Gasteiger partial charge in [0, 0.05) is 34.5 Å². The van der Waals surface area contributed by atoms with Gasteiger partial charge in [0.1, 0.15) is 0 Å². The van der Waals surface area contributed by atoms with Crippen molar-refractivity contribution in [3.8, 4) is 0 Å². The van der Waals surface area contributed by atoms with Crippen LogP contribution in [-0.2, 0) is 4.57 Å². The summed E-state index contributed by atoms with van der Waals surface area (Å²) in [4.78, 5) is 0. The fraction of sp³-hybridized carbons (Fsp3) is 0.294. The van der Waals surface area contributed by atoms with Gasteiger partial charge in [0.05, 0.1) is 0 Å². The zero-order valence-electron chi connectivity index (χ0n) is 13.2. The molecule has 0 spiro atoms. The first-order valence-corrected chi connectivity index (χ1v) is 10.4. The van der Waals surface area contributed by atoms with Crippen LogP contribution in [0.5, 0.6) is 0 Å². The molecule has 0 aliphatic carbocycles. The van der Waals surface area contributed by atoms with Crippen LogP contribution in [0.1, 0.15) is 19.3 Å². The molecule has 1 aliphatic heterocycles. The molecule has 0 aromatic heterocycles. The molecule has 4 nitrogen and oxygen atoms in total. The van der Waals surface area contributed by atoms with Crippen molar-refractivity contribution in [3.05, 3.63) is 58.6 Å². The van der Waals surface area contributed by atoms with Crippen molar-refractivity contribution < 1.29 is 4.57 Å². The molecule has 1 fully saturated rings. The predicted octanol–water partition coefficient (Wildman–Crippen LogP) is 6.11. The Kier molecular flexibility index (Phi) is 5.72. The Morgan fingerprint density at radius 2 is 1.17 bits per heavy atom. The maximum absolute atomic E-state index is 13.7. The summed E-state index contributed by atoms with van der Waals surface area (Å²) in [5, 5.41) is 7.69. The van der Waals surface area contributed by atoms with Crippen LogP contribution in [0.15, 0.2) is 48.5 Å². The van der Waals surface area contributed by atoms with E-state index in [0.717, 1.165) is 37.3 Å². The molecule has 1 saturated heterocycles. The molecule has 24 heavy (non-hydrogen) atoms. The monoisotopic (exact) mass is 383 g/mol. The number of halogens is 2. The molecule has 0 bridgehead atoms. The summed E-state index contributed by atoms with van der Waals surface area (Å²) in [6.45, 7) is 1.61. The van der Waals surface area contributed by atoms with Gasteiger partial charge in [-0.25, -0.2) is 4.67 Å². The highest BCUT2D eigenvalue weighted by Gasteiger charge is 2.32. The lowest BCUT2D eigenvalue weighted by Crippen LogP contribution is -2.32. The Balaban J connectivity index is 1.85. The van der Waals surface area contributed by atoms with Gasteiger partial charge in [-0.1, -0.05) is 29.6 Å². The molecule has 1 heterocycles. The first kappa shape index (κ1) is 17.6. The number of hydrogen-bond donors (Lipinski definition) is 2. The van der Waals surface area contributed by atoms with E-state index in [1.165, 1.54) is 6.42 Å². The van der Waals surface area contributed by atoms with Crippen molar-refractivity contribution in [2.45, 2.75) is 19.3 Å². The van der Waals surface area contributed by atoms with Crippen LogP contribution in [0.2, 0.25) is 10.0 Å². The van der Waals surface area contributed by atoms with E-state index in [4.69, 9.17) is 23.2 Å². The van der Waals surface area contributed by atoms with Crippen molar-refractivity contribution in [2.75, 3.05) is 23.3 Å². The molecule has 0 atom stereocenters. The zero-order valence-corrected chi connectivity index (χ0v) is 15.6. The normalized spacial score (nSPS) is 15.9. The van der Waals surface area contributed by atoms with Crippen LogP contribution in [0, 0.1) is 0 Å². The molecule has 2 aromatic rings. The number of anilines is 2. The molecule has 0 saturated carbocycles. The van der Waals surface area contributed by atoms with E-state index in [-0.39, 0.29) is 0 Å². The highest BCUT2D eigenvalue weighted by Crippen LogP contribution is 2.50. The third-order valence-electron chi connectivity index (χ3n) is 3.98. The summed E-state index contributed by atoms with van der Waals surface area (Å²) in [6, 6.07) is 14.5. The lowest BCUT2D eigenvalue weighted by molar-refractivity contribution is 0.348. The maximum atomic E-state index is 13.7. The Hall–Kier alpha value is -1.19. The Morgan fingerprint density at radius 1 is 0.750 bits per heavy atom. The van der Waals surface area contributed by atoms with Gasteiger partial charge in [0.2, 0.25) is 0 Å². The number of nitrogens with one attached hydrogen (secondary N) is 2. The molecule has 0 unspecified atom stereocenters. The highest BCUT2D eigenvalue weighted by molar-refractivity contribution is 7.64. The fourth-order valence-electron chi connectivity index (χ4n) is 2.73. The molecule has 1 aliphatic rings. The Labute approximate surface area is 152 Å². The van der Waals surface area contributed by atoms with E-state index >= 15 is 0 Å². The zero-order chi connectivity index (χ0) is 17.0. The van der Waals surface area contributed by atoms with E-state index in [1.54, 1.807) is 24.3 Å². The van der Waals surface area contributed by atoms with E-state index in [2.05, 4.69) is 10.2 Å². The Bertz CT molecular complexity index is 664. The van der Waals surface area contributed by atoms with E-state index in [9.17, 15) is 4.57 Å². The molecular weight excluding hydrogens is 364 g/mol. The van der Waals surface area contributed by atoms with Crippen LogP contribution in [0.3, 0.4) is 0 Å². The number of hydrogen-bond acceptors (Lipinski definition) is 1. The van der Waals surface area contributed by atoms with E-state index in [0.29, 0.717) is 10.0 Å². The third-order valence-corrected chi connectivity index (χ3v) is 6.80. The second-order valence-corrected chi connectivity index (χ2v) is 8.87. The fourth-order valence-corrected chi connectivity index (χ4v) is 5.16. The van der Waals surface area contributed by atoms with Gasteiger partial charge in [0.15, 0.2) is 0 Å². The summed E-state index contributed by atoms with van der Waals surface area (Å²) in [7, 11) is -3.02. The molecule has 128 valence electrons. The largest absolute Gasteiger partial charge is 0.330 e. The average Bonchev–Trinajstić information content (AvgIpc) is 2.60. The minimum atomic E-state index is -3.02. The van der Waals surface area contributed by atoms with Gasteiger partial charge in [-0.2, -0.15) is 0 Å². The minimum Gasteiger partial charge on any atom is -0.308 e. The van der Waals surface area contributed by atoms with Gasteiger partial charge < -0.3 is 10.2 Å². The summed E-state index contributed by atoms with van der Waals surface area (Å²) in [5.74, 6) is 0. The third kappa shape index (κ3) is 4.46. The van der Waals surface area contributed by atoms with Crippen LogP contribution in [-0.4, -0.2) is 17.8 Å².